The van der Waals surface area contributed by atoms with Crippen molar-refractivity contribution in [3.8, 4) is 11.1 Å². The van der Waals surface area contributed by atoms with Crippen LogP contribution in [0.15, 0.2) is 199 Å². The highest BCUT2D eigenvalue weighted by molar-refractivity contribution is 5.99. The van der Waals surface area contributed by atoms with Gasteiger partial charge < -0.3 is 9.80 Å². The summed E-state index contributed by atoms with van der Waals surface area (Å²) in [5.41, 5.74) is 20.0. The molecule has 5 aromatic rings. The van der Waals surface area contributed by atoms with Crippen LogP contribution in [0.25, 0.3) is 16.7 Å². The van der Waals surface area contributed by atoms with Crippen molar-refractivity contribution in [3.63, 3.8) is 0 Å². The summed E-state index contributed by atoms with van der Waals surface area (Å²) < 4.78 is 0. The van der Waals surface area contributed by atoms with Crippen LogP contribution in [-0.2, 0) is 5.41 Å². The Morgan fingerprint density at radius 2 is 1.49 bits per heavy atom. The van der Waals surface area contributed by atoms with Crippen LogP contribution in [0.5, 0.6) is 0 Å². The van der Waals surface area contributed by atoms with Crippen molar-refractivity contribution in [1.29, 1.82) is 0 Å². The van der Waals surface area contributed by atoms with E-state index in [9.17, 15) is 0 Å². The Morgan fingerprint density at radius 1 is 0.698 bits per heavy atom. The second kappa shape index (κ2) is 10.5. The zero-order valence-electron chi connectivity index (χ0n) is 29.7. The molecular weight excluding hydrogens is 641 g/mol. The van der Waals surface area contributed by atoms with Crippen LogP contribution in [0.2, 0.25) is 0 Å². The van der Waals surface area contributed by atoms with E-state index in [1.807, 2.05) is 0 Å². The molecule has 1 aliphatic heterocycles. The number of hydrogen-bond donors (Lipinski definition) is 0. The number of nitrogens with zero attached hydrogens (tertiary/aromatic N) is 2. The van der Waals surface area contributed by atoms with E-state index in [4.69, 9.17) is 0 Å². The van der Waals surface area contributed by atoms with Gasteiger partial charge in [-0.3, -0.25) is 0 Å². The summed E-state index contributed by atoms with van der Waals surface area (Å²) in [7, 11) is 0. The van der Waals surface area contributed by atoms with Gasteiger partial charge in [0.2, 0.25) is 0 Å². The molecule has 1 heterocycles. The van der Waals surface area contributed by atoms with Crippen LogP contribution in [0.1, 0.15) is 53.5 Å². The highest BCUT2D eigenvalue weighted by Crippen LogP contribution is 2.78. The van der Waals surface area contributed by atoms with Gasteiger partial charge in [0, 0.05) is 51.4 Å². The number of hydrogen-bond acceptors (Lipinski definition) is 2. The third-order valence-electron chi connectivity index (χ3n) is 13.4. The van der Waals surface area contributed by atoms with Crippen molar-refractivity contribution >= 4 is 22.6 Å². The van der Waals surface area contributed by atoms with Crippen molar-refractivity contribution < 1.29 is 0 Å². The molecule has 0 saturated heterocycles. The average Bonchev–Trinajstić information content (AvgIpc) is 3.79. The molecule has 53 heavy (non-hydrogen) atoms. The van der Waals surface area contributed by atoms with Gasteiger partial charge in [0.15, 0.2) is 0 Å². The second-order valence-electron chi connectivity index (χ2n) is 15.6. The molecule has 5 aromatic carbocycles. The Morgan fingerprint density at radius 3 is 2.38 bits per heavy atom. The lowest BCUT2D eigenvalue weighted by molar-refractivity contribution is 0.327. The molecule has 0 fully saturated rings. The highest BCUT2D eigenvalue weighted by Gasteiger charge is 2.70. The smallest absolute Gasteiger partial charge is 0.0576 e. The van der Waals surface area contributed by atoms with Gasteiger partial charge in [-0.15, -0.1) is 0 Å². The molecule has 4 unspecified atom stereocenters. The first-order valence-electron chi connectivity index (χ1n) is 19.2. The maximum absolute atomic E-state index is 2.55. The third kappa shape index (κ3) is 3.54. The van der Waals surface area contributed by atoms with Crippen molar-refractivity contribution in [2.45, 2.75) is 31.1 Å². The molecule has 0 saturated carbocycles. The van der Waals surface area contributed by atoms with Crippen molar-refractivity contribution in [3.05, 3.63) is 226 Å². The average molecular weight is 679 g/mol. The molecule has 6 aliphatic carbocycles. The lowest BCUT2D eigenvalue weighted by Crippen LogP contribution is -2.39. The van der Waals surface area contributed by atoms with E-state index >= 15 is 0 Å². The van der Waals surface area contributed by atoms with Crippen molar-refractivity contribution in [1.82, 2.24) is 0 Å². The lowest BCUT2D eigenvalue weighted by Gasteiger charge is -2.43. The monoisotopic (exact) mass is 678 g/mol. The van der Waals surface area contributed by atoms with Crippen molar-refractivity contribution in [2.75, 3.05) is 9.80 Å². The summed E-state index contributed by atoms with van der Waals surface area (Å²) in [6.07, 6.45) is 23.5. The minimum Gasteiger partial charge on any atom is -0.317 e. The van der Waals surface area contributed by atoms with Crippen LogP contribution in [0.4, 0.5) is 17.1 Å². The van der Waals surface area contributed by atoms with Gasteiger partial charge in [-0.25, -0.2) is 0 Å². The van der Waals surface area contributed by atoms with Gasteiger partial charge in [0.1, 0.15) is 0 Å². The second-order valence-corrected chi connectivity index (χ2v) is 15.6. The minimum absolute atomic E-state index is 0.122. The molecule has 0 amide bonds. The van der Waals surface area contributed by atoms with E-state index in [0.717, 1.165) is 24.2 Å². The number of para-hydroxylation sites is 2. The fourth-order valence-corrected chi connectivity index (χ4v) is 11.5. The Hall–Kier alpha value is -6.12. The first-order chi connectivity index (χ1) is 26.2. The minimum atomic E-state index is -0.267. The van der Waals surface area contributed by atoms with Crippen LogP contribution < -0.4 is 9.80 Å². The van der Waals surface area contributed by atoms with E-state index in [-0.39, 0.29) is 16.7 Å². The molecule has 7 aliphatic rings. The van der Waals surface area contributed by atoms with Crippen LogP contribution in [0.3, 0.4) is 0 Å². The summed E-state index contributed by atoms with van der Waals surface area (Å²) in [5.74, 6) is 0.525. The number of anilines is 3. The maximum Gasteiger partial charge on any atom is 0.0576 e. The number of benzene rings is 5. The topological polar surface area (TPSA) is 6.48 Å². The van der Waals surface area contributed by atoms with E-state index in [1.165, 1.54) is 72.9 Å². The molecule has 2 nitrogen and oxygen atoms in total. The fraction of sp³-hybridized carbons (Fsp3) is 0.137. The van der Waals surface area contributed by atoms with Crippen LogP contribution >= 0.6 is 0 Å². The van der Waals surface area contributed by atoms with E-state index in [0.29, 0.717) is 5.92 Å². The summed E-state index contributed by atoms with van der Waals surface area (Å²) in [6.45, 7) is 2.55. The van der Waals surface area contributed by atoms with Gasteiger partial charge in [0.05, 0.1) is 5.41 Å². The molecule has 0 bridgehead atoms. The predicted octanol–water partition coefficient (Wildman–Crippen LogP) is 12.3. The molecule has 0 aromatic heterocycles. The summed E-state index contributed by atoms with van der Waals surface area (Å²) >= 11 is 0. The van der Waals surface area contributed by atoms with Crippen molar-refractivity contribution in [2.24, 2.45) is 11.3 Å². The van der Waals surface area contributed by atoms with E-state index in [1.54, 1.807) is 0 Å². The Bertz CT molecular complexity index is 2650. The van der Waals surface area contributed by atoms with Crippen LogP contribution in [0, 0.1) is 11.3 Å². The molecule has 0 N–H and O–H groups in total. The summed E-state index contributed by atoms with van der Waals surface area (Å²) in [4.78, 5) is 5.03. The molecule has 0 radical (unpaired) electrons. The first kappa shape index (κ1) is 29.5. The van der Waals surface area contributed by atoms with Gasteiger partial charge in [0.25, 0.3) is 0 Å². The SMILES string of the molecule is CC12C3=CC=CC1c1cccc4c1C2(c1cc(N(C2=CC=CC5C(=C2)N(c2ccccc2)C2=C5C=CCC2)c2ccccc2)ccc13)c1ccccc1-4. The quantitative estimate of drug-likeness (QED) is 0.187. The molecule has 2 heteroatoms. The lowest BCUT2D eigenvalue weighted by atomic mass is 9.58. The number of fused-ring (bicyclic) bond motifs is 7. The largest absolute Gasteiger partial charge is 0.317 e. The summed E-state index contributed by atoms with van der Waals surface area (Å²) in [6, 6.07) is 45.6. The zero-order chi connectivity index (χ0) is 34.9. The number of allylic oxidation sites excluding steroid dienone is 11. The molecule has 12 rings (SSSR count). The normalized spacial score (nSPS) is 25.8. The predicted molar refractivity (Wildman–Crippen MR) is 218 cm³/mol. The zero-order valence-corrected chi connectivity index (χ0v) is 29.7. The van der Waals surface area contributed by atoms with Gasteiger partial charge >= 0.3 is 0 Å². The Kier molecular flexibility index (Phi) is 5.83. The standard InChI is InChI=1S/C51H38N2/c1-50-43-26-14-27-44(50)42-24-13-23-40-37-20-8-10-25-45(37)51(50,49(40)42)46-31-36(29-30-41(43)46)52(33-15-4-2-5-16-33)35-19-12-22-39-38-21-9-11-28-47(38)53(48(39)32-35)34-17-6-3-7-18-34/h2-10,12-27,29-32,39,44H,11,28H2,1H3. The van der Waals surface area contributed by atoms with E-state index < -0.39 is 0 Å². The summed E-state index contributed by atoms with van der Waals surface area (Å²) in [5, 5.41) is 0. The van der Waals surface area contributed by atoms with Crippen LogP contribution in [-0.4, -0.2) is 0 Å². The maximum atomic E-state index is 2.55. The Balaban J connectivity index is 1.09. The fourth-order valence-electron chi connectivity index (χ4n) is 11.5. The van der Waals surface area contributed by atoms with Gasteiger partial charge in [-0.2, -0.15) is 0 Å². The molecule has 252 valence electrons. The van der Waals surface area contributed by atoms with Gasteiger partial charge in [-0.05, 0) is 111 Å². The molecular formula is C51H38N2. The number of rotatable bonds is 4. The first-order valence-corrected chi connectivity index (χ1v) is 19.2. The third-order valence-corrected chi connectivity index (χ3v) is 13.4. The molecule has 4 atom stereocenters. The van der Waals surface area contributed by atoms with E-state index in [2.05, 4.69) is 193 Å². The molecule has 1 spiro atoms. The Labute approximate surface area is 311 Å². The highest BCUT2D eigenvalue weighted by atomic mass is 15.2. The van der Waals surface area contributed by atoms with Gasteiger partial charge in [-0.1, -0.05) is 134 Å².